The smallest absolute Gasteiger partial charge is 0.305 e. The molecule has 2 N–H and O–H groups in total. The summed E-state index contributed by atoms with van der Waals surface area (Å²) in [7, 11) is 0. The molecule has 3 amide bonds. The summed E-state index contributed by atoms with van der Waals surface area (Å²) < 4.78 is 5.81. The molecule has 2 aliphatic heterocycles. The van der Waals surface area contributed by atoms with Crippen molar-refractivity contribution in [1.29, 1.82) is 0 Å². The van der Waals surface area contributed by atoms with Gasteiger partial charge in [0.15, 0.2) is 6.61 Å². The molecule has 0 radical (unpaired) electrons. The van der Waals surface area contributed by atoms with Gasteiger partial charge in [-0.1, -0.05) is 65.1 Å². The van der Waals surface area contributed by atoms with Crippen LogP contribution in [0.5, 0.6) is 5.75 Å². The van der Waals surface area contributed by atoms with E-state index in [9.17, 15) is 19.2 Å². The lowest BCUT2D eigenvalue weighted by molar-refractivity contribution is -0.122. The highest BCUT2D eigenvalue weighted by Crippen LogP contribution is 2.53. The van der Waals surface area contributed by atoms with E-state index < -0.39 is 17.1 Å². The first-order valence-corrected chi connectivity index (χ1v) is 14.4. The molecular formula is C30H25N3O5S2. The first kappa shape index (κ1) is 26.1. The summed E-state index contributed by atoms with van der Waals surface area (Å²) in [5, 5.41) is 2.75. The number of hydrogen-bond acceptors (Lipinski definition) is 7. The summed E-state index contributed by atoms with van der Waals surface area (Å²) in [5.41, 5.74) is 4.00. The average molecular weight is 572 g/mol. The number of aryl methyl sites for hydroxylation is 2. The van der Waals surface area contributed by atoms with E-state index in [4.69, 9.17) is 4.74 Å². The Hall–Kier alpha value is -4.15. The van der Waals surface area contributed by atoms with Gasteiger partial charge in [-0.25, -0.2) is 4.90 Å². The predicted molar refractivity (Wildman–Crippen MR) is 155 cm³/mol. The number of rotatable bonds is 6. The number of nitrogens with zero attached hydrogens (tertiary/aromatic N) is 1. The molecule has 202 valence electrons. The molecule has 3 aromatic carbocycles. The summed E-state index contributed by atoms with van der Waals surface area (Å²) in [4.78, 5) is 56.9. The molecule has 3 unspecified atom stereocenters. The molecule has 6 rings (SSSR count). The Balaban J connectivity index is 1.29. The number of carbonyl (C=O) groups excluding carboxylic acids is 3. The van der Waals surface area contributed by atoms with Crippen LogP contribution in [-0.2, 0) is 14.4 Å². The number of benzene rings is 3. The Morgan fingerprint density at radius 2 is 1.73 bits per heavy atom. The molecule has 0 saturated carbocycles. The van der Waals surface area contributed by atoms with Crippen LogP contribution in [0.1, 0.15) is 27.5 Å². The van der Waals surface area contributed by atoms with E-state index in [0.717, 1.165) is 32.9 Å². The van der Waals surface area contributed by atoms with Gasteiger partial charge in [-0.05, 0) is 61.4 Å². The highest BCUT2D eigenvalue weighted by atomic mass is 32.2. The largest absolute Gasteiger partial charge is 0.484 e. The monoisotopic (exact) mass is 571 g/mol. The molecule has 40 heavy (non-hydrogen) atoms. The van der Waals surface area contributed by atoms with Crippen molar-refractivity contribution in [2.75, 3.05) is 16.8 Å². The quantitative estimate of drug-likeness (QED) is 0.320. The Bertz CT molecular complexity index is 1690. The van der Waals surface area contributed by atoms with Crippen LogP contribution in [0.3, 0.4) is 0 Å². The zero-order valence-corrected chi connectivity index (χ0v) is 23.3. The number of imide groups is 1. The summed E-state index contributed by atoms with van der Waals surface area (Å²) >= 11 is 2.29. The maximum absolute atomic E-state index is 13.9. The van der Waals surface area contributed by atoms with Crippen LogP contribution < -0.4 is 19.8 Å². The third-order valence-electron chi connectivity index (χ3n) is 7.01. The fourth-order valence-corrected chi connectivity index (χ4v) is 7.71. The van der Waals surface area contributed by atoms with Gasteiger partial charge in [0.25, 0.3) is 5.91 Å². The summed E-state index contributed by atoms with van der Waals surface area (Å²) in [6.45, 7) is 3.69. The number of aromatic nitrogens is 1. The number of thiazole rings is 1. The molecular weight excluding hydrogens is 546 g/mol. The third-order valence-corrected chi connectivity index (χ3v) is 9.41. The van der Waals surface area contributed by atoms with E-state index >= 15 is 0 Å². The Kier molecular flexibility index (Phi) is 6.81. The molecule has 10 heteroatoms. The minimum atomic E-state index is -0.697. The minimum Gasteiger partial charge on any atom is -0.484 e. The lowest BCUT2D eigenvalue weighted by atomic mass is 9.83. The van der Waals surface area contributed by atoms with Crippen LogP contribution in [0.25, 0.3) is 0 Å². The second-order valence-corrected chi connectivity index (χ2v) is 12.0. The standard InChI is InChI=1S/C30H25N3O5S2/c1-16-9-11-20(12-10-16)33-28(35)24-23(25-27(32-30(37)40-25)39-26(24)29(33)36)18-6-4-8-21(14-18)38-15-22(34)31-19-7-3-5-17(2)13-19/h3-14,23-24,26H,15H2,1-2H3,(H,31,34)(H,32,37). The number of aromatic amines is 1. The number of amides is 3. The highest BCUT2D eigenvalue weighted by Gasteiger charge is 2.56. The first-order chi connectivity index (χ1) is 19.3. The van der Waals surface area contributed by atoms with Gasteiger partial charge < -0.3 is 15.0 Å². The SMILES string of the molecule is Cc1ccc(N2C(=O)C3Sc4[nH]c(=O)sc4C(c4cccc(OCC(=O)Nc5cccc(C)c5)c4)C3C2=O)cc1. The van der Waals surface area contributed by atoms with Gasteiger partial charge in [-0.15, -0.1) is 0 Å². The van der Waals surface area contributed by atoms with Gasteiger partial charge in [-0.3, -0.25) is 19.2 Å². The second kappa shape index (κ2) is 10.4. The third kappa shape index (κ3) is 4.84. The number of thioether (sulfide) groups is 1. The van der Waals surface area contributed by atoms with Crippen LogP contribution in [0.4, 0.5) is 11.4 Å². The molecule has 0 spiro atoms. The topological polar surface area (TPSA) is 109 Å². The van der Waals surface area contributed by atoms with Crippen molar-refractivity contribution in [3.63, 3.8) is 0 Å². The highest BCUT2D eigenvalue weighted by molar-refractivity contribution is 8.00. The molecule has 2 aliphatic rings. The molecule has 3 heterocycles. The molecule has 0 aliphatic carbocycles. The minimum absolute atomic E-state index is 0.203. The zero-order chi connectivity index (χ0) is 28.0. The molecule has 3 atom stereocenters. The number of ether oxygens (including phenoxy) is 1. The van der Waals surface area contributed by atoms with Gasteiger partial charge in [-0.2, -0.15) is 0 Å². The van der Waals surface area contributed by atoms with E-state index in [0.29, 0.717) is 22.2 Å². The van der Waals surface area contributed by atoms with Gasteiger partial charge in [0.2, 0.25) is 11.8 Å². The zero-order valence-electron chi connectivity index (χ0n) is 21.7. The van der Waals surface area contributed by atoms with Crippen LogP contribution in [0.2, 0.25) is 0 Å². The number of nitrogens with one attached hydrogen (secondary N) is 2. The lowest BCUT2D eigenvalue weighted by Gasteiger charge is -2.30. The predicted octanol–water partition coefficient (Wildman–Crippen LogP) is 4.87. The van der Waals surface area contributed by atoms with Crippen LogP contribution in [-0.4, -0.2) is 34.6 Å². The van der Waals surface area contributed by atoms with E-state index in [2.05, 4.69) is 10.3 Å². The number of hydrogen-bond donors (Lipinski definition) is 2. The maximum Gasteiger partial charge on any atom is 0.305 e. The Labute approximate surface area is 238 Å². The first-order valence-electron chi connectivity index (χ1n) is 12.7. The van der Waals surface area contributed by atoms with E-state index in [-0.39, 0.29) is 29.2 Å². The molecule has 1 fully saturated rings. The molecule has 0 bridgehead atoms. The Morgan fingerprint density at radius 1 is 0.950 bits per heavy atom. The molecule has 1 aromatic heterocycles. The molecule has 4 aromatic rings. The summed E-state index contributed by atoms with van der Waals surface area (Å²) in [5.74, 6) is -1.68. The van der Waals surface area contributed by atoms with Crippen LogP contribution in [0.15, 0.2) is 82.6 Å². The maximum atomic E-state index is 13.9. The fraction of sp³-hybridized carbons (Fsp3) is 0.200. The summed E-state index contributed by atoms with van der Waals surface area (Å²) in [6.07, 6.45) is 0. The normalized spacial score (nSPS) is 19.8. The molecule has 1 saturated heterocycles. The number of H-pyrrole nitrogens is 1. The van der Waals surface area contributed by atoms with Crippen molar-refractivity contribution in [1.82, 2.24) is 4.98 Å². The van der Waals surface area contributed by atoms with Crippen molar-refractivity contribution in [3.05, 3.63) is 104 Å². The lowest BCUT2D eigenvalue weighted by Crippen LogP contribution is -2.32. The Morgan fingerprint density at radius 3 is 2.50 bits per heavy atom. The number of anilines is 2. The second-order valence-electron chi connectivity index (χ2n) is 9.88. The summed E-state index contributed by atoms with van der Waals surface area (Å²) in [6, 6.07) is 21.9. The van der Waals surface area contributed by atoms with Gasteiger partial charge in [0.05, 0.1) is 16.6 Å². The van der Waals surface area contributed by atoms with E-state index in [1.54, 1.807) is 30.3 Å². The van der Waals surface area contributed by atoms with E-state index in [1.165, 1.54) is 16.7 Å². The average Bonchev–Trinajstić information content (AvgIpc) is 3.42. The van der Waals surface area contributed by atoms with Gasteiger partial charge in [0, 0.05) is 16.5 Å². The van der Waals surface area contributed by atoms with Gasteiger partial charge >= 0.3 is 4.87 Å². The number of fused-ring (bicyclic) bond motifs is 2. The van der Waals surface area contributed by atoms with Crippen molar-refractivity contribution >= 4 is 52.2 Å². The van der Waals surface area contributed by atoms with Crippen molar-refractivity contribution in [3.8, 4) is 5.75 Å². The van der Waals surface area contributed by atoms with Crippen molar-refractivity contribution < 1.29 is 19.1 Å². The van der Waals surface area contributed by atoms with Crippen molar-refractivity contribution in [2.45, 2.75) is 30.0 Å². The van der Waals surface area contributed by atoms with Crippen LogP contribution >= 0.6 is 23.1 Å². The van der Waals surface area contributed by atoms with Crippen LogP contribution in [0, 0.1) is 19.8 Å². The van der Waals surface area contributed by atoms with Gasteiger partial charge in [0.1, 0.15) is 11.0 Å². The van der Waals surface area contributed by atoms with E-state index in [1.807, 2.05) is 56.3 Å². The van der Waals surface area contributed by atoms with Crippen molar-refractivity contribution in [2.24, 2.45) is 5.92 Å². The molecule has 8 nitrogen and oxygen atoms in total. The number of carbonyl (C=O) groups is 3. The fourth-order valence-electron chi connectivity index (χ4n) is 5.19.